The van der Waals surface area contributed by atoms with E-state index in [1.165, 1.54) is 11.6 Å². The van der Waals surface area contributed by atoms with Gasteiger partial charge in [-0.3, -0.25) is 4.79 Å². The fourth-order valence-electron chi connectivity index (χ4n) is 3.15. The molecular formula is C20H18FN3O. The van der Waals surface area contributed by atoms with Crippen LogP contribution in [0.2, 0.25) is 0 Å². The molecule has 1 fully saturated rings. The summed E-state index contributed by atoms with van der Waals surface area (Å²) in [5.41, 5.74) is 2.39. The lowest BCUT2D eigenvalue weighted by Crippen LogP contribution is -2.25. The predicted octanol–water partition coefficient (Wildman–Crippen LogP) is 3.43. The van der Waals surface area contributed by atoms with Gasteiger partial charge in [0.2, 0.25) is 5.91 Å². The zero-order chi connectivity index (χ0) is 17.2. The van der Waals surface area contributed by atoms with Crippen molar-refractivity contribution in [1.82, 2.24) is 14.9 Å². The Hall–Kier alpha value is -2.95. The monoisotopic (exact) mass is 335 g/mol. The summed E-state index contributed by atoms with van der Waals surface area (Å²) in [6, 6.07) is 15.0. The number of benzene rings is 2. The first-order valence-corrected chi connectivity index (χ1v) is 8.32. The average Bonchev–Trinajstić information content (AvgIpc) is 3.27. The molecule has 2 aromatic carbocycles. The van der Waals surface area contributed by atoms with Gasteiger partial charge in [0.1, 0.15) is 5.82 Å². The van der Waals surface area contributed by atoms with Gasteiger partial charge in [0, 0.05) is 24.9 Å². The molecule has 1 aromatic heterocycles. The normalized spacial score (nSPS) is 18.8. The summed E-state index contributed by atoms with van der Waals surface area (Å²) >= 11 is 0. The second-order valence-electron chi connectivity index (χ2n) is 6.33. The van der Waals surface area contributed by atoms with Gasteiger partial charge < -0.3 is 9.88 Å². The number of nitrogens with zero attached hydrogens (tertiary/aromatic N) is 2. The molecule has 1 heterocycles. The Labute approximate surface area is 145 Å². The first-order valence-electron chi connectivity index (χ1n) is 8.32. The van der Waals surface area contributed by atoms with Crippen LogP contribution in [0.1, 0.15) is 23.5 Å². The highest BCUT2D eigenvalue weighted by Crippen LogP contribution is 2.47. The second kappa shape index (κ2) is 6.51. The van der Waals surface area contributed by atoms with Gasteiger partial charge in [-0.2, -0.15) is 0 Å². The molecule has 5 heteroatoms. The zero-order valence-corrected chi connectivity index (χ0v) is 13.6. The molecule has 1 aliphatic rings. The highest BCUT2D eigenvalue weighted by molar-refractivity contribution is 5.82. The first kappa shape index (κ1) is 15.6. The fourth-order valence-corrected chi connectivity index (χ4v) is 3.15. The summed E-state index contributed by atoms with van der Waals surface area (Å²) in [6.45, 7) is 0.331. The molecule has 0 spiro atoms. The van der Waals surface area contributed by atoms with E-state index < -0.39 is 0 Å². The number of halogens is 1. The van der Waals surface area contributed by atoms with Crippen LogP contribution in [0.3, 0.4) is 0 Å². The minimum absolute atomic E-state index is 0.0254. The van der Waals surface area contributed by atoms with Crippen molar-refractivity contribution < 1.29 is 9.18 Å². The van der Waals surface area contributed by atoms with Crippen LogP contribution in [-0.2, 0) is 11.3 Å². The van der Waals surface area contributed by atoms with Crippen molar-refractivity contribution in [3.8, 4) is 5.69 Å². The molecule has 0 bridgehead atoms. The van der Waals surface area contributed by atoms with Gasteiger partial charge in [-0.15, -0.1) is 0 Å². The van der Waals surface area contributed by atoms with Gasteiger partial charge in [-0.25, -0.2) is 9.37 Å². The van der Waals surface area contributed by atoms with E-state index in [4.69, 9.17) is 0 Å². The van der Waals surface area contributed by atoms with E-state index in [0.29, 0.717) is 18.2 Å². The van der Waals surface area contributed by atoms with Crippen molar-refractivity contribution >= 4 is 5.91 Å². The van der Waals surface area contributed by atoms with E-state index in [-0.39, 0.29) is 17.6 Å². The fraction of sp³-hybridized carbons (Fsp3) is 0.200. The number of hydrogen-bond acceptors (Lipinski definition) is 2. The SMILES string of the molecule is O=C(NCc1ccc(-n2ccnc2)c(F)c1)[C@@H]1C[C@H]1c1ccccc1. The van der Waals surface area contributed by atoms with Crippen LogP contribution < -0.4 is 5.32 Å². The largest absolute Gasteiger partial charge is 0.352 e. The standard InChI is InChI=1S/C20H18FN3O/c21-18-10-14(6-7-19(18)24-9-8-22-13-24)12-23-20(25)17-11-16(17)15-4-2-1-3-5-15/h1-10,13,16-17H,11-12H2,(H,23,25)/t16-,17+/m0/s1. The van der Waals surface area contributed by atoms with Crippen LogP contribution in [0.4, 0.5) is 4.39 Å². The van der Waals surface area contributed by atoms with Gasteiger partial charge in [-0.1, -0.05) is 36.4 Å². The summed E-state index contributed by atoms with van der Waals surface area (Å²) in [6.07, 6.45) is 5.73. The van der Waals surface area contributed by atoms with Crippen molar-refractivity contribution in [3.63, 3.8) is 0 Å². The van der Waals surface area contributed by atoms with Crippen LogP contribution in [0.25, 0.3) is 5.69 Å². The molecular weight excluding hydrogens is 317 g/mol. The summed E-state index contributed by atoms with van der Waals surface area (Å²) in [5.74, 6) is 0.0327. The maximum atomic E-state index is 14.2. The number of carbonyl (C=O) groups excluding carboxylic acids is 1. The number of nitrogens with one attached hydrogen (secondary N) is 1. The van der Waals surface area contributed by atoms with Crippen molar-refractivity contribution in [2.45, 2.75) is 18.9 Å². The molecule has 25 heavy (non-hydrogen) atoms. The topological polar surface area (TPSA) is 46.9 Å². The quantitative estimate of drug-likeness (QED) is 0.776. The van der Waals surface area contributed by atoms with E-state index in [2.05, 4.69) is 22.4 Å². The van der Waals surface area contributed by atoms with Gasteiger partial charge >= 0.3 is 0 Å². The third-order valence-corrected chi connectivity index (χ3v) is 4.62. The molecule has 4 rings (SSSR count). The van der Waals surface area contributed by atoms with Crippen LogP contribution in [0.15, 0.2) is 67.3 Å². The van der Waals surface area contributed by atoms with Crippen LogP contribution in [0, 0.1) is 11.7 Å². The molecule has 0 aliphatic heterocycles. The number of aromatic nitrogens is 2. The maximum Gasteiger partial charge on any atom is 0.224 e. The first-order chi connectivity index (χ1) is 12.2. The lowest BCUT2D eigenvalue weighted by molar-refractivity contribution is -0.122. The summed E-state index contributed by atoms with van der Waals surface area (Å²) in [5, 5.41) is 2.92. The average molecular weight is 335 g/mol. The Morgan fingerprint density at radius 1 is 1.24 bits per heavy atom. The highest BCUT2D eigenvalue weighted by Gasteiger charge is 2.43. The molecule has 0 radical (unpaired) electrons. The van der Waals surface area contributed by atoms with Crippen LogP contribution >= 0.6 is 0 Å². The summed E-state index contributed by atoms with van der Waals surface area (Å²) in [4.78, 5) is 16.2. The molecule has 1 N–H and O–H groups in total. The maximum absolute atomic E-state index is 14.2. The molecule has 0 unspecified atom stereocenters. The third kappa shape index (κ3) is 3.31. The van der Waals surface area contributed by atoms with E-state index >= 15 is 0 Å². The number of imidazole rings is 1. The van der Waals surface area contributed by atoms with Crippen molar-refractivity contribution in [2.75, 3.05) is 0 Å². The van der Waals surface area contributed by atoms with Crippen molar-refractivity contribution in [1.29, 1.82) is 0 Å². The minimum Gasteiger partial charge on any atom is -0.352 e. The minimum atomic E-state index is -0.335. The Morgan fingerprint density at radius 2 is 2.08 bits per heavy atom. The Morgan fingerprint density at radius 3 is 2.80 bits per heavy atom. The molecule has 0 saturated heterocycles. The van der Waals surface area contributed by atoms with E-state index in [1.807, 2.05) is 24.3 Å². The third-order valence-electron chi connectivity index (χ3n) is 4.62. The lowest BCUT2D eigenvalue weighted by atomic mass is 10.1. The summed E-state index contributed by atoms with van der Waals surface area (Å²) < 4.78 is 15.8. The van der Waals surface area contributed by atoms with Gasteiger partial charge in [-0.05, 0) is 35.6 Å². The van der Waals surface area contributed by atoms with Gasteiger partial charge in [0.15, 0.2) is 0 Å². The van der Waals surface area contributed by atoms with E-state index in [9.17, 15) is 9.18 Å². The van der Waals surface area contributed by atoms with E-state index in [0.717, 1.165) is 12.0 Å². The molecule has 3 aromatic rings. The number of carbonyl (C=O) groups is 1. The predicted molar refractivity (Wildman–Crippen MR) is 92.7 cm³/mol. The highest BCUT2D eigenvalue weighted by atomic mass is 19.1. The van der Waals surface area contributed by atoms with E-state index in [1.54, 1.807) is 29.4 Å². The van der Waals surface area contributed by atoms with Crippen molar-refractivity contribution in [3.05, 3.63) is 84.2 Å². The van der Waals surface area contributed by atoms with Crippen LogP contribution in [0.5, 0.6) is 0 Å². The number of hydrogen-bond donors (Lipinski definition) is 1. The smallest absolute Gasteiger partial charge is 0.224 e. The van der Waals surface area contributed by atoms with Crippen molar-refractivity contribution in [2.24, 2.45) is 5.92 Å². The van der Waals surface area contributed by atoms with Crippen LogP contribution in [-0.4, -0.2) is 15.5 Å². The zero-order valence-electron chi connectivity index (χ0n) is 13.6. The van der Waals surface area contributed by atoms with Gasteiger partial charge in [0.25, 0.3) is 0 Å². The lowest BCUT2D eigenvalue weighted by Gasteiger charge is -2.08. The molecule has 4 nitrogen and oxygen atoms in total. The Bertz CT molecular complexity index is 877. The summed E-state index contributed by atoms with van der Waals surface area (Å²) in [7, 11) is 0. The van der Waals surface area contributed by atoms with Gasteiger partial charge in [0.05, 0.1) is 12.0 Å². The Balaban J connectivity index is 1.36. The number of amides is 1. The molecule has 2 atom stereocenters. The second-order valence-corrected chi connectivity index (χ2v) is 6.33. The molecule has 1 amide bonds. The number of rotatable bonds is 5. The Kier molecular flexibility index (Phi) is 4.06. The molecule has 1 saturated carbocycles. The molecule has 126 valence electrons. The molecule has 1 aliphatic carbocycles.